The van der Waals surface area contributed by atoms with E-state index in [1.165, 1.54) is 12.3 Å². The van der Waals surface area contributed by atoms with Gasteiger partial charge in [-0.1, -0.05) is 6.07 Å². The van der Waals surface area contributed by atoms with Crippen molar-refractivity contribution in [3.63, 3.8) is 0 Å². The van der Waals surface area contributed by atoms with Crippen molar-refractivity contribution in [1.82, 2.24) is 15.0 Å². The molecule has 0 atom stereocenters. The van der Waals surface area contributed by atoms with Gasteiger partial charge < -0.3 is 20.1 Å². The van der Waals surface area contributed by atoms with Gasteiger partial charge in [0.05, 0.1) is 31.3 Å². The number of halogens is 1. The summed E-state index contributed by atoms with van der Waals surface area (Å²) in [5.74, 6) is -1.17. The van der Waals surface area contributed by atoms with Crippen molar-refractivity contribution in [2.24, 2.45) is 10.2 Å². The molecule has 0 aliphatic carbocycles. The van der Waals surface area contributed by atoms with Crippen LogP contribution in [0.25, 0.3) is 0 Å². The Morgan fingerprint density at radius 2 is 1.97 bits per heavy atom. The second kappa shape index (κ2) is 9.22. The lowest BCUT2D eigenvalue weighted by atomic mass is 10.2. The lowest BCUT2D eigenvalue weighted by Crippen LogP contribution is -2.37. The number of pyridine rings is 1. The van der Waals surface area contributed by atoms with Gasteiger partial charge in [0.15, 0.2) is 11.6 Å². The van der Waals surface area contributed by atoms with Gasteiger partial charge in [0.25, 0.3) is 5.95 Å². The zero-order chi connectivity index (χ0) is 21.6. The number of rotatable bonds is 5. The summed E-state index contributed by atoms with van der Waals surface area (Å²) in [6.45, 7) is 1.94. The van der Waals surface area contributed by atoms with Crippen LogP contribution >= 0.6 is 0 Å². The number of benzene rings is 1. The van der Waals surface area contributed by atoms with Crippen LogP contribution in [0, 0.1) is 5.82 Å². The van der Waals surface area contributed by atoms with Crippen molar-refractivity contribution >= 4 is 29.0 Å². The first-order chi connectivity index (χ1) is 15.1. The lowest BCUT2D eigenvalue weighted by molar-refractivity contribution is 0.0990. The van der Waals surface area contributed by atoms with E-state index in [4.69, 9.17) is 4.74 Å². The number of aromatic nitrogens is 3. The molecule has 0 bridgehead atoms. The van der Waals surface area contributed by atoms with Gasteiger partial charge >= 0.3 is 5.91 Å². The number of phenolic OH excluding ortho intramolecular Hbond substituents is 1. The van der Waals surface area contributed by atoms with Crippen LogP contribution in [-0.4, -0.2) is 52.3 Å². The predicted molar refractivity (Wildman–Crippen MR) is 109 cm³/mol. The number of phenols is 1. The topological polar surface area (TPSA) is 125 Å². The Bertz CT molecular complexity index is 1100. The van der Waals surface area contributed by atoms with Crippen LogP contribution in [0.2, 0.25) is 0 Å². The molecule has 3 aromatic rings. The third-order valence-electron chi connectivity index (χ3n) is 4.37. The predicted octanol–water partition coefficient (Wildman–Crippen LogP) is 3.22. The van der Waals surface area contributed by atoms with E-state index in [2.05, 4.69) is 30.5 Å². The van der Waals surface area contributed by atoms with Crippen molar-refractivity contribution in [1.29, 1.82) is 0 Å². The number of amides is 1. The molecule has 0 unspecified atom stereocenters. The minimum Gasteiger partial charge on any atom is -0.508 e. The zero-order valence-electron chi connectivity index (χ0n) is 16.3. The molecule has 1 aliphatic rings. The summed E-state index contributed by atoms with van der Waals surface area (Å²) < 4.78 is 19.3. The molecule has 0 radical (unpaired) electrons. The van der Waals surface area contributed by atoms with E-state index in [0.29, 0.717) is 37.7 Å². The maximum Gasteiger partial charge on any atom is 0.314 e. The second-order valence-electron chi connectivity index (χ2n) is 6.55. The summed E-state index contributed by atoms with van der Waals surface area (Å²) in [5.41, 5.74) is 1.36. The van der Waals surface area contributed by atoms with Gasteiger partial charge in [-0.15, -0.1) is 10.2 Å². The van der Waals surface area contributed by atoms with Crippen LogP contribution in [0.15, 0.2) is 59.0 Å². The summed E-state index contributed by atoms with van der Waals surface area (Å²) in [6.07, 6.45) is 2.45. The SMILES string of the molecule is O=C(/N=N/c1ncc(F)c(N2CCOCC2)n1)c1ccc(Nc2cccc(O)c2)cn1. The van der Waals surface area contributed by atoms with E-state index >= 15 is 0 Å². The van der Waals surface area contributed by atoms with Crippen LogP contribution in [0.3, 0.4) is 0 Å². The van der Waals surface area contributed by atoms with Crippen LogP contribution in [0.4, 0.5) is 27.5 Å². The maximum atomic E-state index is 14.1. The van der Waals surface area contributed by atoms with Gasteiger partial charge in [-0.2, -0.15) is 4.98 Å². The number of ether oxygens (including phenoxy) is 1. The molecular formula is C20H18FN7O3. The van der Waals surface area contributed by atoms with E-state index in [-0.39, 0.29) is 23.2 Å². The number of hydrogen-bond donors (Lipinski definition) is 2. The number of carbonyl (C=O) groups excluding carboxylic acids is 1. The molecule has 31 heavy (non-hydrogen) atoms. The third-order valence-corrected chi connectivity index (χ3v) is 4.37. The number of carbonyl (C=O) groups is 1. The fourth-order valence-corrected chi connectivity index (χ4v) is 2.88. The Morgan fingerprint density at radius 1 is 1.13 bits per heavy atom. The van der Waals surface area contributed by atoms with Gasteiger partial charge in [0.2, 0.25) is 0 Å². The van der Waals surface area contributed by atoms with Crippen molar-refractivity contribution in [3.05, 3.63) is 60.3 Å². The largest absolute Gasteiger partial charge is 0.508 e. The molecule has 0 saturated carbocycles. The Morgan fingerprint density at radius 3 is 2.71 bits per heavy atom. The Hall–Kier alpha value is -3.99. The molecule has 1 aliphatic heterocycles. The zero-order valence-corrected chi connectivity index (χ0v) is 16.3. The lowest BCUT2D eigenvalue weighted by Gasteiger charge is -2.27. The van der Waals surface area contributed by atoms with E-state index < -0.39 is 11.7 Å². The highest BCUT2D eigenvalue weighted by Gasteiger charge is 2.18. The molecule has 2 N–H and O–H groups in total. The summed E-state index contributed by atoms with van der Waals surface area (Å²) in [4.78, 5) is 25.8. The monoisotopic (exact) mass is 423 g/mol. The smallest absolute Gasteiger partial charge is 0.314 e. The third kappa shape index (κ3) is 5.14. The van der Waals surface area contributed by atoms with E-state index in [0.717, 1.165) is 6.20 Å². The average molecular weight is 423 g/mol. The molecule has 1 saturated heterocycles. The van der Waals surface area contributed by atoms with E-state index in [9.17, 15) is 14.3 Å². The molecule has 1 amide bonds. The number of hydrogen-bond acceptors (Lipinski definition) is 9. The minimum atomic E-state index is -0.690. The fraction of sp³-hybridized carbons (Fsp3) is 0.200. The van der Waals surface area contributed by atoms with E-state index in [1.807, 2.05) is 0 Å². The molecular weight excluding hydrogens is 405 g/mol. The van der Waals surface area contributed by atoms with Crippen LogP contribution in [0.1, 0.15) is 10.5 Å². The number of azo groups is 1. The van der Waals surface area contributed by atoms with Crippen molar-refractivity contribution in [2.75, 3.05) is 36.5 Å². The molecule has 0 spiro atoms. The summed E-state index contributed by atoms with van der Waals surface area (Å²) in [6, 6.07) is 9.72. The fourth-order valence-electron chi connectivity index (χ4n) is 2.88. The van der Waals surface area contributed by atoms with Crippen LogP contribution < -0.4 is 10.2 Å². The molecule has 2 aromatic heterocycles. The molecule has 4 rings (SSSR count). The molecule has 158 valence electrons. The van der Waals surface area contributed by atoms with Crippen LogP contribution in [-0.2, 0) is 4.74 Å². The highest BCUT2D eigenvalue weighted by atomic mass is 19.1. The van der Waals surface area contributed by atoms with Crippen molar-refractivity contribution < 1.29 is 19.0 Å². The van der Waals surface area contributed by atoms with Gasteiger partial charge in [-0.25, -0.2) is 14.4 Å². The Kier molecular flexibility index (Phi) is 6.03. The minimum absolute atomic E-state index is 0.0701. The molecule has 11 heteroatoms. The molecule has 1 aromatic carbocycles. The quantitative estimate of drug-likeness (QED) is 0.599. The number of nitrogens with one attached hydrogen (secondary N) is 1. The Balaban J connectivity index is 1.43. The standard InChI is InChI=1S/C20H18FN7O3/c21-16-12-23-20(25-18(16)28-6-8-31-9-7-28)27-26-19(30)17-5-4-14(11-22-17)24-13-2-1-3-15(29)10-13/h1-5,10-12,24,29H,6-9H2/b27-26+. The maximum absolute atomic E-state index is 14.1. The summed E-state index contributed by atoms with van der Waals surface area (Å²) in [5, 5.41) is 19.9. The summed E-state index contributed by atoms with van der Waals surface area (Å²) >= 11 is 0. The molecule has 1 fully saturated rings. The van der Waals surface area contributed by atoms with Gasteiger partial charge in [-0.05, 0) is 24.3 Å². The number of aromatic hydroxyl groups is 1. The summed E-state index contributed by atoms with van der Waals surface area (Å²) in [7, 11) is 0. The van der Waals surface area contributed by atoms with Gasteiger partial charge in [0.1, 0.15) is 11.4 Å². The number of morpholine rings is 1. The number of nitrogens with zero attached hydrogens (tertiary/aromatic N) is 6. The van der Waals surface area contributed by atoms with Crippen molar-refractivity contribution in [2.45, 2.75) is 0 Å². The first-order valence-corrected chi connectivity index (χ1v) is 9.42. The van der Waals surface area contributed by atoms with Crippen LogP contribution in [0.5, 0.6) is 5.75 Å². The first kappa shape index (κ1) is 20.3. The average Bonchev–Trinajstić information content (AvgIpc) is 2.79. The second-order valence-corrected chi connectivity index (χ2v) is 6.55. The molecule has 3 heterocycles. The van der Waals surface area contributed by atoms with Gasteiger partial charge in [0, 0.05) is 24.8 Å². The number of anilines is 3. The Labute approximate surface area is 176 Å². The highest BCUT2D eigenvalue weighted by Crippen LogP contribution is 2.21. The van der Waals surface area contributed by atoms with Gasteiger partial charge in [-0.3, -0.25) is 4.79 Å². The highest BCUT2D eigenvalue weighted by molar-refractivity contribution is 5.92. The normalized spacial score (nSPS) is 14.0. The molecule has 10 nitrogen and oxygen atoms in total. The van der Waals surface area contributed by atoms with E-state index in [1.54, 1.807) is 35.2 Å². The first-order valence-electron chi connectivity index (χ1n) is 9.42. The van der Waals surface area contributed by atoms with Crippen molar-refractivity contribution in [3.8, 4) is 5.75 Å².